The second-order valence-corrected chi connectivity index (χ2v) is 7.52. The van der Waals surface area contributed by atoms with Gasteiger partial charge in [-0.2, -0.15) is 0 Å². The van der Waals surface area contributed by atoms with Gasteiger partial charge in [-0.05, 0) is 24.6 Å². The summed E-state index contributed by atoms with van der Waals surface area (Å²) in [5.74, 6) is 1.12. The van der Waals surface area contributed by atoms with E-state index in [4.69, 9.17) is 0 Å². The zero-order valence-electron chi connectivity index (χ0n) is 16.2. The number of nitrogens with zero attached hydrogens (tertiary/aromatic N) is 4. The molecule has 146 valence electrons. The molecule has 1 atom stereocenters. The Morgan fingerprint density at radius 1 is 1.25 bits per heavy atom. The van der Waals surface area contributed by atoms with Gasteiger partial charge in [0.15, 0.2) is 5.16 Å². The molecule has 1 aromatic carbocycles. The molecule has 1 unspecified atom stereocenters. The number of hydrogen-bond acceptors (Lipinski definition) is 4. The zero-order valence-corrected chi connectivity index (χ0v) is 17.0. The van der Waals surface area contributed by atoms with Gasteiger partial charge in [-0.25, -0.2) is 0 Å². The van der Waals surface area contributed by atoms with Crippen LogP contribution < -0.4 is 5.32 Å². The molecule has 1 amide bonds. The molecule has 2 heterocycles. The highest BCUT2D eigenvalue weighted by atomic mass is 32.2. The molecule has 0 saturated carbocycles. The first-order valence-electron chi connectivity index (χ1n) is 9.18. The predicted octanol–water partition coefficient (Wildman–Crippen LogP) is 3.36. The van der Waals surface area contributed by atoms with E-state index < -0.39 is 0 Å². The van der Waals surface area contributed by atoms with Crippen LogP contribution in [0.5, 0.6) is 0 Å². The summed E-state index contributed by atoms with van der Waals surface area (Å²) in [4.78, 5) is 12.4. The third-order valence-corrected chi connectivity index (χ3v) is 5.47. The fraction of sp³-hybridized carbons (Fsp3) is 0.286. The van der Waals surface area contributed by atoms with Gasteiger partial charge in [0.1, 0.15) is 5.82 Å². The van der Waals surface area contributed by atoms with Crippen LogP contribution in [-0.2, 0) is 24.8 Å². The van der Waals surface area contributed by atoms with E-state index in [1.54, 1.807) is 0 Å². The Labute approximate surface area is 169 Å². The highest BCUT2D eigenvalue weighted by Gasteiger charge is 2.16. The third-order valence-electron chi connectivity index (χ3n) is 4.51. The van der Waals surface area contributed by atoms with E-state index in [-0.39, 0.29) is 17.7 Å². The Morgan fingerprint density at radius 3 is 2.71 bits per heavy atom. The van der Waals surface area contributed by atoms with Crippen LogP contribution in [0.3, 0.4) is 0 Å². The van der Waals surface area contributed by atoms with Gasteiger partial charge >= 0.3 is 0 Å². The first kappa shape index (κ1) is 19.9. The lowest BCUT2D eigenvalue weighted by Gasteiger charge is -2.14. The van der Waals surface area contributed by atoms with Crippen molar-refractivity contribution < 1.29 is 4.79 Å². The topological polar surface area (TPSA) is 64.7 Å². The minimum atomic E-state index is -0.0340. The number of nitrogens with one attached hydrogen (secondary N) is 1. The molecule has 0 fully saturated rings. The van der Waals surface area contributed by atoms with Crippen LogP contribution in [0.1, 0.15) is 30.0 Å². The molecule has 2 aromatic heterocycles. The molecular weight excluding hydrogens is 370 g/mol. The van der Waals surface area contributed by atoms with Gasteiger partial charge in [-0.15, -0.1) is 16.8 Å². The quantitative estimate of drug-likeness (QED) is 0.446. The number of thioether (sulfide) groups is 1. The van der Waals surface area contributed by atoms with Crippen LogP contribution in [-0.4, -0.2) is 31.0 Å². The standard InChI is InChI=1S/C21H25N5OS/c1-4-12-26-19(14-18-11-8-13-25(18)3)23-24-21(26)28-15-20(27)22-16(2)17-9-6-5-7-10-17/h4-11,13,16H,1,12,14-15H2,2-3H3,(H,22,27). The van der Waals surface area contributed by atoms with Gasteiger partial charge in [-0.1, -0.05) is 48.2 Å². The average Bonchev–Trinajstić information content (AvgIpc) is 3.28. The van der Waals surface area contributed by atoms with E-state index in [1.165, 1.54) is 11.8 Å². The second-order valence-electron chi connectivity index (χ2n) is 6.57. The van der Waals surface area contributed by atoms with Crippen LogP contribution in [0, 0.1) is 0 Å². The number of carbonyl (C=O) groups excluding carboxylic acids is 1. The molecule has 3 rings (SSSR count). The van der Waals surface area contributed by atoms with Gasteiger partial charge in [0.2, 0.25) is 5.91 Å². The Bertz CT molecular complexity index is 931. The summed E-state index contributed by atoms with van der Waals surface area (Å²) in [5.41, 5.74) is 2.24. The number of allylic oxidation sites excluding steroid dienone is 1. The van der Waals surface area contributed by atoms with Crippen molar-refractivity contribution in [1.82, 2.24) is 24.6 Å². The third kappa shape index (κ3) is 4.92. The molecule has 0 aliphatic carbocycles. The first-order valence-corrected chi connectivity index (χ1v) is 10.2. The molecule has 6 nitrogen and oxygen atoms in total. The Kier molecular flexibility index (Phi) is 6.71. The predicted molar refractivity (Wildman–Crippen MR) is 112 cm³/mol. The maximum Gasteiger partial charge on any atom is 0.230 e. The summed E-state index contributed by atoms with van der Waals surface area (Å²) in [6.45, 7) is 6.42. The van der Waals surface area contributed by atoms with Crippen molar-refractivity contribution in [2.75, 3.05) is 5.75 Å². The van der Waals surface area contributed by atoms with E-state index in [9.17, 15) is 4.79 Å². The van der Waals surface area contributed by atoms with E-state index >= 15 is 0 Å². The van der Waals surface area contributed by atoms with Crippen molar-refractivity contribution >= 4 is 17.7 Å². The van der Waals surface area contributed by atoms with Gasteiger partial charge in [0.05, 0.1) is 11.8 Å². The fourth-order valence-electron chi connectivity index (χ4n) is 2.95. The summed E-state index contributed by atoms with van der Waals surface area (Å²) in [6.07, 6.45) is 4.51. The summed E-state index contributed by atoms with van der Waals surface area (Å²) < 4.78 is 4.08. The van der Waals surface area contributed by atoms with E-state index in [1.807, 2.05) is 67.2 Å². The molecule has 0 saturated heterocycles. The highest BCUT2D eigenvalue weighted by Crippen LogP contribution is 2.20. The van der Waals surface area contributed by atoms with Crippen molar-refractivity contribution in [2.24, 2.45) is 7.05 Å². The maximum atomic E-state index is 12.4. The molecule has 0 aliphatic heterocycles. The summed E-state index contributed by atoms with van der Waals surface area (Å²) in [7, 11) is 2.01. The van der Waals surface area contributed by atoms with Crippen molar-refractivity contribution in [3.05, 3.63) is 78.4 Å². The molecular formula is C21H25N5OS. The van der Waals surface area contributed by atoms with Crippen LogP contribution in [0.2, 0.25) is 0 Å². The van der Waals surface area contributed by atoms with Gasteiger partial charge in [0.25, 0.3) is 0 Å². The number of hydrogen-bond donors (Lipinski definition) is 1. The lowest BCUT2D eigenvalue weighted by molar-refractivity contribution is -0.119. The van der Waals surface area contributed by atoms with Crippen LogP contribution in [0.15, 0.2) is 66.5 Å². The summed E-state index contributed by atoms with van der Waals surface area (Å²) in [5, 5.41) is 12.4. The van der Waals surface area contributed by atoms with Crippen molar-refractivity contribution in [3.63, 3.8) is 0 Å². The molecule has 0 spiro atoms. The number of aryl methyl sites for hydroxylation is 1. The molecule has 0 bridgehead atoms. The lowest BCUT2D eigenvalue weighted by Crippen LogP contribution is -2.28. The van der Waals surface area contributed by atoms with Crippen molar-refractivity contribution in [3.8, 4) is 0 Å². The van der Waals surface area contributed by atoms with Crippen molar-refractivity contribution in [1.29, 1.82) is 0 Å². The number of amides is 1. The average molecular weight is 396 g/mol. The Morgan fingerprint density at radius 2 is 2.04 bits per heavy atom. The number of aromatic nitrogens is 4. The number of rotatable bonds is 9. The normalized spacial score (nSPS) is 11.9. The van der Waals surface area contributed by atoms with Crippen LogP contribution >= 0.6 is 11.8 Å². The second kappa shape index (κ2) is 9.41. The zero-order chi connectivity index (χ0) is 19.9. The van der Waals surface area contributed by atoms with Gasteiger partial charge < -0.3 is 14.5 Å². The Balaban J connectivity index is 1.62. The largest absolute Gasteiger partial charge is 0.354 e. The Hall–Kier alpha value is -2.80. The van der Waals surface area contributed by atoms with E-state index in [0.29, 0.717) is 13.0 Å². The van der Waals surface area contributed by atoms with Crippen LogP contribution in [0.25, 0.3) is 0 Å². The molecule has 0 aliphatic rings. The summed E-state index contributed by atoms with van der Waals surface area (Å²) in [6, 6.07) is 14.0. The molecule has 7 heteroatoms. The molecule has 0 radical (unpaired) electrons. The monoisotopic (exact) mass is 395 g/mol. The highest BCUT2D eigenvalue weighted by molar-refractivity contribution is 7.99. The SMILES string of the molecule is C=CCn1c(Cc2cccn2C)nnc1SCC(=O)NC(C)c1ccccc1. The van der Waals surface area contributed by atoms with Crippen molar-refractivity contribution in [2.45, 2.75) is 31.1 Å². The lowest BCUT2D eigenvalue weighted by atomic mass is 10.1. The van der Waals surface area contributed by atoms with Gasteiger partial charge in [0, 0.05) is 31.9 Å². The molecule has 3 aromatic rings. The number of carbonyl (C=O) groups is 1. The molecule has 28 heavy (non-hydrogen) atoms. The minimum absolute atomic E-state index is 0.0292. The number of benzene rings is 1. The maximum absolute atomic E-state index is 12.4. The van der Waals surface area contributed by atoms with Gasteiger partial charge in [-0.3, -0.25) is 4.79 Å². The van der Waals surface area contributed by atoms with E-state index in [0.717, 1.165) is 22.2 Å². The van der Waals surface area contributed by atoms with E-state index in [2.05, 4.69) is 32.7 Å². The molecule has 1 N–H and O–H groups in total. The smallest absolute Gasteiger partial charge is 0.230 e. The summed E-state index contributed by atoms with van der Waals surface area (Å²) >= 11 is 1.39. The minimum Gasteiger partial charge on any atom is -0.354 e. The van der Waals surface area contributed by atoms with Crippen LogP contribution in [0.4, 0.5) is 0 Å². The fourth-order valence-corrected chi connectivity index (χ4v) is 3.73. The first-order chi connectivity index (χ1) is 13.6.